The van der Waals surface area contributed by atoms with Crippen LogP contribution in [0.5, 0.6) is 0 Å². The number of aliphatic carboxylic acids is 1. The number of nitrogens with zero attached hydrogens (tertiary/aromatic N) is 3. The maximum absolute atomic E-state index is 12.4. The Labute approximate surface area is 180 Å². The van der Waals surface area contributed by atoms with E-state index in [1.54, 1.807) is 0 Å². The van der Waals surface area contributed by atoms with E-state index in [0.717, 1.165) is 22.0 Å². The largest absolute Gasteiger partial charge is 0.480 e. The summed E-state index contributed by atoms with van der Waals surface area (Å²) >= 11 is 2.24. The molecule has 0 spiro atoms. The fraction of sp³-hybridized carbons (Fsp3) is 0.526. The van der Waals surface area contributed by atoms with Crippen LogP contribution in [0.1, 0.15) is 45.1 Å². The number of benzene rings is 1. The van der Waals surface area contributed by atoms with Crippen molar-refractivity contribution in [2.45, 2.75) is 52.1 Å². The molecule has 0 fully saturated rings. The van der Waals surface area contributed by atoms with Crippen molar-refractivity contribution < 1.29 is 14.7 Å². The molecule has 5 N–H and O–H groups in total. The summed E-state index contributed by atoms with van der Waals surface area (Å²) < 4.78 is 1.09. The molecular weight excluding hydrogens is 473 g/mol. The summed E-state index contributed by atoms with van der Waals surface area (Å²) in [5.74, 6) is -1.36. The van der Waals surface area contributed by atoms with Crippen molar-refractivity contribution in [3.8, 4) is 0 Å². The van der Waals surface area contributed by atoms with Crippen LogP contribution < -0.4 is 11.5 Å². The second-order valence-electron chi connectivity index (χ2n) is 6.54. The lowest BCUT2D eigenvalue weighted by Gasteiger charge is -2.38. The zero-order chi connectivity index (χ0) is 21.1. The Bertz CT molecular complexity index is 679. The Morgan fingerprint density at radius 2 is 2.00 bits per heavy atom. The first-order chi connectivity index (χ1) is 13.3. The summed E-state index contributed by atoms with van der Waals surface area (Å²) in [6.07, 6.45) is 2.52. The van der Waals surface area contributed by atoms with E-state index in [-0.39, 0.29) is 18.3 Å². The highest BCUT2D eigenvalue weighted by Gasteiger charge is 2.32. The van der Waals surface area contributed by atoms with Gasteiger partial charge in [0.25, 0.3) is 0 Å². The Hall–Kier alpha value is -1.88. The van der Waals surface area contributed by atoms with Crippen LogP contribution in [0, 0.1) is 3.57 Å². The van der Waals surface area contributed by atoms with Gasteiger partial charge in [-0.1, -0.05) is 25.5 Å². The van der Waals surface area contributed by atoms with E-state index < -0.39 is 12.0 Å². The summed E-state index contributed by atoms with van der Waals surface area (Å²) in [6, 6.07) is 7.00. The second kappa shape index (κ2) is 12.6. The number of nitrogens with two attached hydrogens (primary N) is 2. The highest BCUT2D eigenvalue weighted by atomic mass is 127. The lowest BCUT2D eigenvalue weighted by molar-refractivity contribution is -0.169. The standard InChI is InChI=1S/C19H30IN5O3/c1-3-4-11-24(13-15-7-5-8-16(20)12-15)25(14(2)26)17(18(27)28)9-6-10-23-19(21)22/h5,7-8,12,17H,3-4,6,9-11,13H2,1-2H3,(H,27,28)(H4,21,22,23)/t17-/m0/s1. The molecule has 0 radical (unpaired) electrons. The Morgan fingerprint density at radius 3 is 2.54 bits per heavy atom. The molecule has 1 rings (SSSR count). The fourth-order valence-corrected chi connectivity index (χ4v) is 3.52. The van der Waals surface area contributed by atoms with E-state index in [4.69, 9.17) is 11.5 Å². The van der Waals surface area contributed by atoms with E-state index in [9.17, 15) is 14.7 Å². The third-order valence-electron chi connectivity index (χ3n) is 4.16. The highest BCUT2D eigenvalue weighted by Crippen LogP contribution is 2.18. The first-order valence-electron chi connectivity index (χ1n) is 9.33. The summed E-state index contributed by atoms with van der Waals surface area (Å²) in [5, 5.41) is 13.0. The first kappa shape index (κ1) is 24.2. The average Bonchev–Trinajstić information content (AvgIpc) is 2.60. The SMILES string of the molecule is CCCCN(Cc1cccc(I)c1)N(C(C)=O)[C@@H](CCCN=C(N)N)C(=O)O. The van der Waals surface area contributed by atoms with Gasteiger partial charge in [-0.05, 0) is 59.5 Å². The molecule has 156 valence electrons. The third-order valence-corrected chi connectivity index (χ3v) is 4.83. The molecule has 8 nitrogen and oxygen atoms in total. The van der Waals surface area contributed by atoms with Crippen LogP contribution in [-0.4, -0.2) is 52.1 Å². The number of hydrogen-bond acceptors (Lipinski definition) is 4. The van der Waals surface area contributed by atoms with Crippen LogP contribution in [0.2, 0.25) is 0 Å². The number of guanidine groups is 1. The van der Waals surface area contributed by atoms with Gasteiger partial charge in [0, 0.05) is 30.1 Å². The van der Waals surface area contributed by atoms with Gasteiger partial charge in [-0.3, -0.25) is 14.8 Å². The molecular formula is C19H30IN5O3. The van der Waals surface area contributed by atoms with Crippen molar-refractivity contribution in [1.29, 1.82) is 0 Å². The molecule has 1 amide bonds. The maximum Gasteiger partial charge on any atom is 0.328 e. The number of carboxylic acids is 1. The van der Waals surface area contributed by atoms with Gasteiger partial charge in [-0.2, -0.15) is 0 Å². The number of aliphatic imine (C=N–C) groups is 1. The van der Waals surface area contributed by atoms with E-state index in [1.165, 1.54) is 11.9 Å². The number of halogens is 1. The lowest BCUT2D eigenvalue weighted by atomic mass is 10.1. The van der Waals surface area contributed by atoms with E-state index in [0.29, 0.717) is 26.1 Å². The van der Waals surface area contributed by atoms with Crippen LogP contribution in [0.3, 0.4) is 0 Å². The number of hydrazine groups is 1. The smallest absolute Gasteiger partial charge is 0.328 e. The van der Waals surface area contributed by atoms with Crippen molar-refractivity contribution in [2.24, 2.45) is 16.5 Å². The van der Waals surface area contributed by atoms with E-state index in [1.807, 2.05) is 29.3 Å². The molecule has 0 saturated carbocycles. The third kappa shape index (κ3) is 8.42. The Morgan fingerprint density at radius 1 is 1.29 bits per heavy atom. The molecule has 0 unspecified atom stereocenters. The normalized spacial score (nSPS) is 11.9. The molecule has 1 aromatic rings. The molecule has 28 heavy (non-hydrogen) atoms. The molecule has 0 bridgehead atoms. The molecule has 0 aliphatic carbocycles. The summed E-state index contributed by atoms with van der Waals surface area (Å²) in [5.41, 5.74) is 11.7. The molecule has 1 aromatic carbocycles. The van der Waals surface area contributed by atoms with Crippen LogP contribution in [0.25, 0.3) is 0 Å². The highest BCUT2D eigenvalue weighted by molar-refractivity contribution is 14.1. The lowest BCUT2D eigenvalue weighted by Crippen LogP contribution is -2.54. The van der Waals surface area contributed by atoms with Gasteiger partial charge in [0.1, 0.15) is 6.04 Å². The molecule has 0 saturated heterocycles. The van der Waals surface area contributed by atoms with Gasteiger partial charge in [-0.15, -0.1) is 0 Å². The van der Waals surface area contributed by atoms with Crippen molar-refractivity contribution in [3.05, 3.63) is 33.4 Å². The fourth-order valence-electron chi connectivity index (χ4n) is 2.91. The number of carbonyl (C=O) groups is 2. The van der Waals surface area contributed by atoms with Crippen molar-refractivity contribution in [3.63, 3.8) is 0 Å². The van der Waals surface area contributed by atoms with E-state index in [2.05, 4.69) is 34.5 Å². The summed E-state index contributed by atoms with van der Waals surface area (Å²) in [4.78, 5) is 28.3. The van der Waals surface area contributed by atoms with Gasteiger partial charge in [0.15, 0.2) is 5.96 Å². The van der Waals surface area contributed by atoms with Gasteiger partial charge < -0.3 is 16.6 Å². The van der Waals surface area contributed by atoms with Gasteiger partial charge in [-0.25, -0.2) is 9.80 Å². The van der Waals surface area contributed by atoms with E-state index >= 15 is 0 Å². The number of unbranched alkanes of at least 4 members (excludes halogenated alkanes) is 1. The number of rotatable bonds is 12. The van der Waals surface area contributed by atoms with Crippen LogP contribution in [0.15, 0.2) is 29.3 Å². The minimum Gasteiger partial charge on any atom is -0.480 e. The minimum absolute atomic E-state index is 0.0291. The topological polar surface area (TPSA) is 125 Å². The molecule has 0 aliphatic rings. The molecule has 0 aromatic heterocycles. The maximum atomic E-state index is 12.4. The predicted octanol–water partition coefficient (Wildman–Crippen LogP) is 2.16. The zero-order valence-corrected chi connectivity index (χ0v) is 18.6. The van der Waals surface area contributed by atoms with Crippen molar-refractivity contribution in [2.75, 3.05) is 13.1 Å². The molecule has 0 heterocycles. The molecule has 0 aliphatic heterocycles. The zero-order valence-electron chi connectivity index (χ0n) is 16.5. The van der Waals surface area contributed by atoms with Gasteiger partial charge in [0.05, 0.1) is 0 Å². The summed E-state index contributed by atoms with van der Waals surface area (Å²) in [6.45, 7) is 4.85. The number of carbonyl (C=O) groups excluding carboxylic acids is 1. The summed E-state index contributed by atoms with van der Waals surface area (Å²) in [7, 11) is 0. The molecule has 1 atom stereocenters. The average molecular weight is 503 g/mol. The minimum atomic E-state index is -1.04. The predicted molar refractivity (Wildman–Crippen MR) is 118 cm³/mol. The van der Waals surface area contributed by atoms with Crippen LogP contribution in [0.4, 0.5) is 0 Å². The van der Waals surface area contributed by atoms with Crippen LogP contribution in [-0.2, 0) is 16.1 Å². The number of amides is 1. The number of carboxylic acid groups (broad SMARTS) is 1. The van der Waals surface area contributed by atoms with Crippen LogP contribution >= 0.6 is 22.6 Å². The second-order valence-corrected chi connectivity index (χ2v) is 7.78. The molecule has 9 heteroatoms. The number of hydrogen-bond donors (Lipinski definition) is 3. The Balaban J connectivity index is 3.06. The quantitative estimate of drug-likeness (QED) is 0.132. The van der Waals surface area contributed by atoms with Crippen molar-refractivity contribution >= 4 is 40.4 Å². The Kier molecular flexibility index (Phi) is 10.8. The monoisotopic (exact) mass is 503 g/mol. The van der Waals surface area contributed by atoms with Gasteiger partial charge in [0.2, 0.25) is 5.91 Å². The first-order valence-corrected chi connectivity index (χ1v) is 10.4. The van der Waals surface area contributed by atoms with Gasteiger partial charge >= 0.3 is 5.97 Å². The van der Waals surface area contributed by atoms with Crippen molar-refractivity contribution in [1.82, 2.24) is 10.0 Å².